The van der Waals surface area contributed by atoms with Gasteiger partial charge in [-0.15, -0.1) is 0 Å². The van der Waals surface area contributed by atoms with Gasteiger partial charge in [0.25, 0.3) is 0 Å². The number of hydrogen-bond acceptors (Lipinski definition) is 4. The lowest BCUT2D eigenvalue weighted by molar-refractivity contribution is -0.126. The number of aryl methyl sites for hydroxylation is 1. The van der Waals surface area contributed by atoms with Gasteiger partial charge in [0.2, 0.25) is 17.6 Å². The summed E-state index contributed by atoms with van der Waals surface area (Å²) in [6.45, 7) is 6.25. The lowest BCUT2D eigenvalue weighted by atomic mass is 9.97. The van der Waals surface area contributed by atoms with Gasteiger partial charge < -0.3 is 9.84 Å². The quantitative estimate of drug-likeness (QED) is 0.843. The number of rotatable bonds is 6. The Labute approximate surface area is 149 Å². The Bertz CT molecular complexity index is 719. The highest BCUT2D eigenvalue weighted by molar-refractivity contribution is 5.79. The first-order chi connectivity index (χ1) is 12.1. The van der Waals surface area contributed by atoms with E-state index in [0.29, 0.717) is 11.7 Å². The standard InChI is InChI=1S/C20H27N3O2/c1-4-14(3)17(21-19(24)15-9-5-6-10-15)20-22-18(23-25-20)16-11-7-8-13(2)12-16/h7-8,11-12,14-15,17H,4-6,9-10H2,1-3H3,(H,21,24)/t14-,17-/m1/s1. The molecule has 2 aromatic rings. The van der Waals surface area contributed by atoms with E-state index < -0.39 is 0 Å². The second kappa shape index (κ2) is 7.81. The fourth-order valence-electron chi connectivity index (χ4n) is 3.41. The Morgan fingerprint density at radius 1 is 1.36 bits per heavy atom. The lowest BCUT2D eigenvalue weighted by Gasteiger charge is -2.22. The number of hydrogen-bond donors (Lipinski definition) is 1. The van der Waals surface area contributed by atoms with Crippen molar-refractivity contribution in [1.29, 1.82) is 0 Å². The molecule has 0 aliphatic heterocycles. The molecule has 1 saturated carbocycles. The number of aromatic nitrogens is 2. The molecule has 0 radical (unpaired) electrons. The molecule has 0 bridgehead atoms. The molecule has 134 valence electrons. The summed E-state index contributed by atoms with van der Waals surface area (Å²) in [7, 11) is 0. The SMILES string of the molecule is CC[C@@H](C)[C@@H](NC(=O)C1CCCC1)c1nc(-c2cccc(C)c2)no1. The van der Waals surface area contributed by atoms with E-state index in [1.54, 1.807) is 0 Å². The van der Waals surface area contributed by atoms with Gasteiger partial charge in [0, 0.05) is 11.5 Å². The van der Waals surface area contributed by atoms with Crippen molar-refractivity contribution in [2.24, 2.45) is 11.8 Å². The van der Waals surface area contributed by atoms with Crippen molar-refractivity contribution in [1.82, 2.24) is 15.5 Å². The van der Waals surface area contributed by atoms with E-state index in [-0.39, 0.29) is 23.8 Å². The number of nitrogens with zero attached hydrogens (tertiary/aromatic N) is 2. The normalized spacial score (nSPS) is 17.4. The van der Waals surface area contributed by atoms with Gasteiger partial charge in [-0.25, -0.2) is 0 Å². The zero-order valence-electron chi connectivity index (χ0n) is 15.3. The van der Waals surface area contributed by atoms with Crippen molar-refractivity contribution >= 4 is 5.91 Å². The summed E-state index contributed by atoms with van der Waals surface area (Å²) in [5, 5.41) is 7.30. The minimum Gasteiger partial charge on any atom is -0.344 e. The fraction of sp³-hybridized carbons (Fsp3) is 0.550. The Morgan fingerprint density at radius 3 is 2.80 bits per heavy atom. The smallest absolute Gasteiger partial charge is 0.249 e. The van der Waals surface area contributed by atoms with E-state index >= 15 is 0 Å². The second-order valence-electron chi connectivity index (χ2n) is 7.18. The molecule has 1 aromatic carbocycles. The van der Waals surface area contributed by atoms with Gasteiger partial charge in [-0.1, -0.05) is 62.0 Å². The third-order valence-corrected chi connectivity index (χ3v) is 5.22. The Morgan fingerprint density at radius 2 is 2.12 bits per heavy atom. The zero-order valence-corrected chi connectivity index (χ0v) is 15.3. The predicted molar refractivity (Wildman–Crippen MR) is 96.8 cm³/mol. The maximum atomic E-state index is 12.6. The van der Waals surface area contributed by atoms with Gasteiger partial charge in [-0.05, 0) is 31.7 Å². The van der Waals surface area contributed by atoms with Crippen LogP contribution in [0.25, 0.3) is 11.4 Å². The highest BCUT2D eigenvalue weighted by atomic mass is 16.5. The van der Waals surface area contributed by atoms with Crippen LogP contribution >= 0.6 is 0 Å². The fourth-order valence-corrected chi connectivity index (χ4v) is 3.41. The molecule has 1 aliphatic rings. The van der Waals surface area contributed by atoms with E-state index in [2.05, 4.69) is 29.3 Å². The summed E-state index contributed by atoms with van der Waals surface area (Å²) in [5.74, 6) is 1.55. The Kier molecular flexibility index (Phi) is 5.51. The molecule has 1 fully saturated rings. The lowest BCUT2D eigenvalue weighted by Crippen LogP contribution is -2.36. The van der Waals surface area contributed by atoms with E-state index in [4.69, 9.17) is 4.52 Å². The summed E-state index contributed by atoms with van der Waals surface area (Å²) in [5.41, 5.74) is 2.08. The number of carbonyl (C=O) groups excluding carboxylic acids is 1. The molecule has 0 saturated heterocycles. The maximum absolute atomic E-state index is 12.6. The van der Waals surface area contributed by atoms with E-state index in [9.17, 15) is 4.79 Å². The summed E-state index contributed by atoms with van der Waals surface area (Å²) in [6, 6.07) is 7.79. The van der Waals surface area contributed by atoms with Crippen LogP contribution in [0.5, 0.6) is 0 Å². The third kappa shape index (κ3) is 4.09. The molecular formula is C20H27N3O2. The van der Waals surface area contributed by atoms with Gasteiger partial charge in [0.05, 0.1) is 0 Å². The van der Waals surface area contributed by atoms with Gasteiger partial charge in [0.15, 0.2) is 0 Å². The van der Waals surface area contributed by atoms with Crippen LogP contribution in [-0.4, -0.2) is 16.0 Å². The van der Waals surface area contributed by atoms with E-state index in [1.165, 1.54) is 0 Å². The van der Waals surface area contributed by atoms with Gasteiger partial charge in [-0.2, -0.15) is 4.98 Å². The first-order valence-corrected chi connectivity index (χ1v) is 9.29. The van der Waals surface area contributed by atoms with E-state index in [1.807, 2.05) is 31.2 Å². The summed E-state index contributed by atoms with van der Waals surface area (Å²) < 4.78 is 5.53. The van der Waals surface area contributed by atoms with Crippen molar-refractivity contribution in [3.63, 3.8) is 0 Å². The molecule has 1 N–H and O–H groups in total. The van der Waals surface area contributed by atoms with Crippen LogP contribution in [-0.2, 0) is 4.79 Å². The topological polar surface area (TPSA) is 68.0 Å². The highest BCUT2D eigenvalue weighted by Crippen LogP contribution is 2.29. The minimum absolute atomic E-state index is 0.123. The molecule has 1 aliphatic carbocycles. The molecule has 25 heavy (non-hydrogen) atoms. The van der Waals surface area contributed by atoms with Crippen LogP contribution in [0.4, 0.5) is 0 Å². The summed E-state index contributed by atoms with van der Waals surface area (Å²) in [6.07, 6.45) is 5.18. The zero-order chi connectivity index (χ0) is 17.8. The number of nitrogens with one attached hydrogen (secondary N) is 1. The number of carbonyl (C=O) groups is 1. The van der Waals surface area contributed by atoms with Crippen LogP contribution in [0, 0.1) is 18.8 Å². The molecule has 1 heterocycles. The monoisotopic (exact) mass is 341 g/mol. The van der Waals surface area contributed by atoms with Crippen LogP contribution in [0.1, 0.15) is 63.4 Å². The summed E-state index contributed by atoms with van der Waals surface area (Å²) in [4.78, 5) is 17.1. The van der Waals surface area contributed by atoms with Crippen LogP contribution in [0.15, 0.2) is 28.8 Å². The minimum atomic E-state index is -0.232. The van der Waals surface area contributed by atoms with E-state index in [0.717, 1.165) is 43.2 Å². The largest absolute Gasteiger partial charge is 0.344 e. The van der Waals surface area contributed by atoms with Crippen molar-refractivity contribution in [3.8, 4) is 11.4 Å². The molecule has 5 nitrogen and oxygen atoms in total. The van der Waals surface area contributed by atoms with Crippen LogP contribution in [0.2, 0.25) is 0 Å². The predicted octanol–water partition coefficient (Wildman–Crippen LogP) is 4.44. The first-order valence-electron chi connectivity index (χ1n) is 9.29. The Balaban J connectivity index is 1.80. The highest BCUT2D eigenvalue weighted by Gasteiger charge is 2.30. The molecule has 1 aromatic heterocycles. The maximum Gasteiger partial charge on any atom is 0.249 e. The van der Waals surface area contributed by atoms with Crippen molar-refractivity contribution < 1.29 is 9.32 Å². The average Bonchev–Trinajstić information content (AvgIpc) is 3.30. The molecule has 3 rings (SSSR count). The van der Waals surface area contributed by atoms with Crippen molar-refractivity contribution in [2.45, 2.75) is 58.9 Å². The molecule has 2 atom stereocenters. The van der Waals surface area contributed by atoms with Gasteiger partial charge >= 0.3 is 0 Å². The van der Waals surface area contributed by atoms with Crippen molar-refractivity contribution in [3.05, 3.63) is 35.7 Å². The number of benzene rings is 1. The third-order valence-electron chi connectivity index (χ3n) is 5.22. The van der Waals surface area contributed by atoms with Gasteiger partial charge in [-0.3, -0.25) is 4.79 Å². The van der Waals surface area contributed by atoms with Crippen molar-refractivity contribution in [2.75, 3.05) is 0 Å². The molecule has 0 spiro atoms. The first kappa shape index (κ1) is 17.6. The van der Waals surface area contributed by atoms with Crippen LogP contribution in [0.3, 0.4) is 0 Å². The summed E-state index contributed by atoms with van der Waals surface area (Å²) >= 11 is 0. The van der Waals surface area contributed by atoms with Gasteiger partial charge in [0.1, 0.15) is 6.04 Å². The Hall–Kier alpha value is -2.17. The molecule has 1 amide bonds. The molecule has 5 heteroatoms. The molecule has 0 unspecified atom stereocenters. The number of amides is 1. The second-order valence-corrected chi connectivity index (χ2v) is 7.18. The average molecular weight is 341 g/mol. The molecular weight excluding hydrogens is 314 g/mol. The van der Waals surface area contributed by atoms with Crippen LogP contribution < -0.4 is 5.32 Å².